The lowest BCUT2D eigenvalue weighted by Gasteiger charge is -2.09. The standard InChI is InChI=1S/C20H16ClN5O.C20H18ClN5/c1-12-5-3-8-20(23-12)26-19-10-14(9-16(21)15(19)11-22-26)18-7-4-6-17(24-18)13(2)25-27;1-12-5-3-8-20(24-12)26-19-10-14(9-16(21)15(19)11-23-26)18-7-4-6-17(25-18)13(2)22/h3-11,27H,1-2H3;3-11,13H,22H2,1-2H3/b25-13-;. The Morgan fingerprint density at radius 1 is 0.679 bits per heavy atom. The van der Waals surface area contributed by atoms with Gasteiger partial charge >= 0.3 is 0 Å². The second kappa shape index (κ2) is 14.9. The number of rotatable bonds is 6. The van der Waals surface area contributed by atoms with Crippen molar-refractivity contribution in [2.45, 2.75) is 33.7 Å². The van der Waals surface area contributed by atoms with Gasteiger partial charge in [-0.25, -0.2) is 24.3 Å². The second-order valence-electron chi connectivity index (χ2n) is 12.5. The van der Waals surface area contributed by atoms with Crippen LogP contribution in [-0.2, 0) is 0 Å². The van der Waals surface area contributed by atoms with E-state index in [-0.39, 0.29) is 6.04 Å². The third kappa shape index (κ3) is 7.36. The van der Waals surface area contributed by atoms with Gasteiger partial charge in [0.05, 0.1) is 56.2 Å². The molecule has 1 unspecified atom stereocenters. The van der Waals surface area contributed by atoms with Crippen LogP contribution in [0.15, 0.2) is 115 Å². The Hall–Kier alpha value is -6.01. The average Bonchev–Trinajstić information content (AvgIpc) is 3.80. The predicted octanol–water partition coefficient (Wildman–Crippen LogP) is 9.11. The summed E-state index contributed by atoms with van der Waals surface area (Å²) in [4.78, 5) is 18.3. The van der Waals surface area contributed by atoms with E-state index in [1.807, 2.05) is 112 Å². The summed E-state index contributed by atoms with van der Waals surface area (Å²) < 4.78 is 3.56. The van der Waals surface area contributed by atoms with E-state index in [4.69, 9.17) is 34.1 Å². The van der Waals surface area contributed by atoms with Crippen LogP contribution in [0.3, 0.4) is 0 Å². The first-order chi connectivity index (χ1) is 25.6. The van der Waals surface area contributed by atoms with Crippen molar-refractivity contribution in [2.75, 3.05) is 0 Å². The number of fused-ring (bicyclic) bond motifs is 2. The summed E-state index contributed by atoms with van der Waals surface area (Å²) in [6, 6.07) is 30.7. The van der Waals surface area contributed by atoms with Gasteiger partial charge in [-0.3, -0.25) is 4.98 Å². The quantitative estimate of drug-likeness (QED) is 0.0975. The van der Waals surface area contributed by atoms with Crippen molar-refractivity contribution in [1.82, 2.24) is 39.5 Å². The predicted molar refractivity (Wildman–Crippen MR) is 210 cm³/mol. The molecule has 2 aromatic carbocycles. The number of nitrogens with two attached hydrogens (primary N) is 1. The fraction of sp³-hybridized carbons (Fsp3) is 0.125. The number of hydrogen-bond donors (Lipinski definition) is 2. The Labute approximate surface area is 315 Å². The van der Waals surface area contributed by atoms with Crippen molar-refractivity contribution in [2.24, 2.45) is 10.9 Å². The number of hydrogen-bond acceptors (Lipinski definition) is 9. The Balaban J connectivity index is 0.000000164. The minimum atomic E-state index is -0.129. The highest BCUT2D eigenvalue weighted by Gasteiger charge is 2.15. The summed E-state index contributed by atoms with van der Waals surface area (Å²) in [7, 11) is 0. The molecule has 0 fully saturated rings. The Morgan fingerprint density at radius 2 is 1.17 bits per heavy atom. The number of halogens is 2. The zero-order valence-corrected chi connectivity index (χ0v) is 30.8. The lowest BCUT2D eigenvalue weighted by Crippen LogP contribution is -2.07. The summed E-state index contributed by atoms with van der Waals surface area (Å²) in [5.74, 6) is 1.48. The summed E-state index contributed by atoms with van der Waals surface area (Å²) in [5, 5.41) is 24.1. The van der Waals surface area contributed by atoms with Crippen LogP contribution in [-0.4, -0.2) is 50.4 Å². The zero-order valence-electron chi connectivity index (χ0n) is 29.3. The summed E-state index contributed by atoms with van der Waals surface area (Å²) >= 11 is 13.0. The average molecular weight is 742 g/mol. The van der Waals surface area contributed by atoms with Crippen molar-refractivity contribution < 1.29 is 5.21 Å². The second-order valence-corrected chi connectivity index (χ2v) is 13.3. The van der Waals surface area contributed by atoms with E-state index >= 15 is 0 Å². The molecule has 1 atom stereocenters. The van der Waals surface area contributed by atoms with Crippen LogP contribution in [0.2, 0.25) is 10.0 Å². The largest absolute Gasteiger partial charge is 0.411 e. The highest BCUT2D eigenvalue weighted by atomic mass is 35.5. The Bertz CT molecular complexity index is 2650. The monoisotopic (exact) mass is 740 g/mol. The molecule has 3 N–H and O–H groups in total. The normalized spacial score (nSPS) is 12.2. The van der Waals surface area contributed by atoms with Crippen LogP contribution >= 0.6 is 23.2 Å². The van der Waals surface area contributed by atoms with Gasteiger partial charge in [0.1, 0.15) is 5.71 Å². The van der Waals surface area contributed by atoms with Gasteiger partial charge in [-0.1, -0.05) is 52.6 Å². The Kier molecular flexibility index (Phi) is 9.96. The van der Waals surface area contributed by atoms with E-state index in [0.717, 1.165) is 73.0 Å². The maximum absolute atomic E-state index is 9.00. The fourth-order valence-electron chi connectivity index (χ4n) is 5.84. The first-order valence-corrected chi connectivity index (χ1v) is 17.5. The molecule has 0 saturated heterocycles. The van der Waals surface area contributed by atoms with Crippen LogP contribution in [0.1, 0.15) is 42.7 Å². The molecule has 0 radical (unpaired) electrons. The number of pyridine rings is 4. The molecule has 13 heteroatoms. The number of oxime groups is 1. The number of nitrogens with zero attached hydrogens (tertiary/aromatic N) is 9. The van der Waals surface area contributed by atoms with Gasteiger partial charge in [-0.05, 0) is 100 Å². The first-order valence-electron chi connectivity index (χ1n) is 16.7. The maximum atomic E-state index is 9.00. The smallest absolute Gasteiger partial charge is 0.154 e. The fourth-order valence-corrected chi connectivity index (χ4v) is 6.36. The van der Waals surface area contributed by atoms with E-state index in [0.29, 0.717) is 21.5 Å². The summed E-state index contributed by atoms with van der Waals surface area (Å²) in [6.45, 7) is 7.51. The minimum absolute atomic E-state index is 0.129. The van der Waals surface area contributed by atoms with E-state index in [9.17, 15) is 0 Å². The minimum Gasteiger partial charge on any atom is -0.411 e. The van der Waals surface area contributed by atoms with Crippen molar-refractivity contribution in [3.05, 3.63) is 142 Å². The molecule has 8 rings (SSSR count). The van der Waals surface area contributed by atoms with Crippen molar-refractivity contribution in [1.29, 1.82) is 0 Å². The van der Waals surface area contributed by atoms with Gasteiger partial charge in [0.15, 0.2) is 11.6 Å². The van der Waals surface area contributed by atoms with Crippen molar-refractivity contribution in [3.8, 4) is 34.2 Å². The number of aromatic nitrogens is 8. The zero-order chi connectivity index (χ0) is 37.2. The third-order valence-corrected chi connectivity index (χ3v) is 9.18. The summed E-state index contributed by atoms with van der Waals surface area (Å²) in [5.41, 5.74) is 14.7. The van der Waals surface area contributed by atoms with E-state index in [2.05, 4.69) is 35.3 Å². The van der Waals surface area contributed by atoms with Gasteiger partial charge in [0.2, 0.25) is 0 Å². The molecule has 0 saturated carbocycles. The van der Waals surface area contributed by atoms with Gasteiger partial charge in [0.25, 0.3) is 0 Å². The lowest BCUT2D eigenvalue weighted by atomic mass is 10.1. The maximum Gasteiger partial charge on any atom is 0.154 e. The van der Waals surface area contributed by atoms with Gasteiger partial charge in [0, 0.05) is 39.3 Å². The van der Waals surface area contributed by atoms with Crippen LogP contribution in [0.4, 0.5) is 0 Å². The molecule has 264 valence electrons. The third-order valence-electron chi connectivity index (χ3n) is 8.56. The lowest BCUT2D eigenvalue weighted by molar-refractivity contribution is 0.319. The highest BCUT2D eigenvalue weighted by Crippen LogP contribution is 2.33. The molecule has 53 heavy (non-hydrogen) atoms. The molecule has 0 aliphatic heterocycles. The van der Waals surface area contributed by atoms with E-state index in [1.54, 1.807) is 34.7 Å². The molecule has 0 amide bonds. The molecular weight excluding hydrogens is 707 g/mol. The Morgan fingerprint density at radius 3 is 1.66 bits per heavy atom. The van der Waals surface area contributed by atoms with Crippen LogP contribution in [0, 0.1) is 13.8 Å². The molecule has 8 aromatic rings. The molecule has 11 nitrogen and oxygen atoms in total. The van der Waals surface area contributed by atoms with E-state index < -0.39 is 0 Å². The molecule has 0 spiro atoms. The summed E-state index contributed by atoms with van der Waals surface area (Å²) in [6.07, 6.45) is 3.50. The molecular formula is C40H34Cl2N10O. The van der Waals surface area contributed by atoms with Crippen LogP contribution < -0.4 is 5.73 Å². The van der Waals surface area contributed by atoms with Crippen LogP contribution in [0.25, 0.3) is 56.0 Å². The van der Waals surface area contributed by atoms with Gasteiger partial charge < -0.3 is 10.9 Å². The molecule has 6 aromatic heterocycles. The molecule has 0 aliphatic carbocycles. The van der Waals surface area contributed by atoms with Gasteiger partial charge in [-0.2, -0.15) is 10.2 Å². The molecule has 6 heterocycles. The highest BCUT2D eigenvalue weighted by molar-refractivity contribution is 6.36. The molecule has 0 aliphatic rings. The SMILES string of the molecule is C/C(=N/O)c1cccc(-c2cc(Cl)c3cnn(-c4cccc(C)n4)c3c2)n1.Cc1cccc(-n2ncc3c(Cl)cc(-c4cccc(C(C)N)n4)cc32)n1. The van der Waals surface area contributed by atoms with Gasteiger partial charge in [-0.15, -0.1) is 0 Å². The van der Waals surface area contributed by atoms with Crippen molar-refractivity contribution in [3.63, 3.8) is 0 Å². The van der Waals surface area contributed by atoms with Crippen molar-refractivity contribution >= 4 is 50.7 Å². The van der Waals surface area contributed by atoms with Crippen LogP contribution in [0.5, 0.6) is 0 Å². The topological polar surface area (TPSA) is 146 Å². The first kappa shape index (κ1) is 35.4. The molecule has 0 bridgehead atoms. The number of aryl methyl sites for hydroxylation is 2. The van der Waals surface area contributed by atoms with E-state index in [1.165, 1.54) is 0 Å². The number of benzene rings is 2.